The lowest BCUT2D eigenvalue weighted by molar-refractivity contribution is -0.142. The van der Waals surface area contributed by atoms with Gasteiger partial charge in [-0.2, -0.15) is 0 Å². The molecule has 0 heterocycles. The third-order valence-electron chi connectivity index (χ3n) is 7.18. The first-order valence-electron chi connectivity index (χ1n) is 11.3. The van der Waals surface area contributed by atoms with E-state index in [4.69, 9.17) is 7.85 Å². The Balaban J connectivity index is 2.45. The quantitative estimate of drug-likeness (QED) is 0.458. The molecular weight excluding hydrogens is 413 g/mol. The van der Waals surface area contributed by atoms with Crippen LogP contribution >= 0.6 is 0 Å². The molecule has 0 aliphatic carbocycles. The molecule has 0 fully saturated rings. The fourth-order valence-electron chi connectivity index (χ4n) is 4.34. The van der Waals surface area contributed by atoms with Gasteiger partial charge < -0.3 is 10.4 Å². The molecule has 32 heavy (non-hydrogen) atoms. The number of hydrogen-bond donors (Lipinski definition) is 2. The van der Waals surface area contributed by atoms with E-state index in [2.05, 4.69) is 39.2 Å². The molecule has 0 bridgehead atoms. The molecule has 1 amide bonds. The van der Waals surface area contributed by atoms with E-state index >= 15 is 0 Å². The van der Waals surface area contributed by atoms with Gasteiger partial charge in [0.15, 0.2) is 5.81 Å². The lowest BCUT2D eigenvalue weighted by atomic mass is 9.90. The van der Waals surface area contributed by atoms with E-state index < -0.39 is 25.8 Å². The van der Waals surface area contributed by atoms with Crippen LogP contribution in [0.3, 0.4) is 0 Å². The fraction of sp³-hybridized carbons (Fsp3) is 0.462. The minimum absolute atomic E-state index is 0.0156. The van der Waals surface area contributed by atoms with Crippen molar-refractivity contribution in [2.45, 2.75) is 69.7 Å². The molecule has 2 N–H and O–H groups in total. The summed E-state index contributed by atoms with van der Waals surface area (Å²) < 4.78 is 0. The lowest BCUT2D eigenvalue weighted by Gasteiger charge is -2.47. The van der Waals surface area contributed by atoms with Crippen molar-refractivity contribution in [1.29, 1.82) is 0 Å². The monoisotopic (exact) mass is 449 g/mol. The van der Waals surface area contributed by atoms with Gasteiger partial charge in [-0.05, 0) is 41.0 Å². The number of carboxylic acids is 1. The molecule has 0 unspecified atom stereocenters. The third kappa shape index (κ3) is 7.09. The van der Waals surface area contributed by atoms with E-state index in [1.165, 1.54) is 0 Å². The van der Waals surface area contributed by atoms with E-state index in [0.717, 1.165) is 11.1 Å². The molecule has 0 aliphatic rings. The Morgan fingerprint density at radius 2 is 1.41 bits per heavy atom. The summed E-state index contributed by atoms with van der Waals surface area (Å²) in [6, 6.07) is 19.5. The van der Waals surface area contributed by atoms with E-state index in [1.807, 2.05) is 60.7 Å². The molecule has 2 aromatic carbocycles. The van der Waals surface area contributed by atoms with Crippen LogP contribution in [0.1, 0.15) is 38.3 Å². The van der Waals surface area contributed by atoms with Crippen LogP contribution in [0.4, 0.5) is 4.79 Å². The molecule has 2 radical (unpaired) electrons. The van der Waals surface area contributed by atoms with Gasteiger partial charge in [-0.1, -0.05) is 94.5 Å². The molecule has 2 rings (SSSR count). The first-order valence-corrected chi connectivity index (χ1v) is 14.4. The van der Waals surface area contributed by atoms with Crippen LogP contribution in [0.5, 0.6) is 0 Å². The summed E-state index contributed by atoms with van der Waals surface area (Å²) in [4.78, 5) is 24.3. The fourth-order valence-corrected chi connectivity index (χ4v) is 7.53. The van der Waals surface area contributed by atoms with Gasteiger partial charge >= 0.3 is 5.97 Å². The molecule has 170 valence electrons. The smallest absolute Gasteiger partial charge is 0.306 e. The van der Waals surface area contributed by atoms with Crippen LogP contribution in [-0.4, -0.2) is 38.8 Å². The highest BCUT2D eigenvalue weighted by Crippen LogP contribution is 2.48. The summed E-state index contributed by atoms with van der Waals surface area (Å²) in [6.45, 7) is 11.3. The summed E-state index contributed by atoms with van der Waals surface area (Å²) in [5.74, 6) is -1.90. The molecule has 3 atom stereocenters. The largest absolute Gasteiger partial charge is 0.481 e. The molecule has 2 aromatic rings. The van der Waals surface area contributed by atoms with Gasteiger partial charge in [-0.3, -0.25) is 9.59 Å². The third-order valence-corrected chi connectivity index (χ3v) is 13.5. The summed E-state index contributed by atoms with van der Waals surface area (Å²) in [6.07, 6.45) is 1.59. The first kappa shape index (κ1) is 25.9. The van der Waals surface area contributed by atoms with Gasteiger partial charge in [0.05, 0.1) is 14.0 Å². The van der Waals surface area contributed by atoms with Crippen molar-refractivity contribution in [2.24, 2.45) is 5.92 Å². The number of carbonyl (C=O) groups is 2. The number of hydrogen-bond acceptors (Lipinski definition) is 2. The zero-order valence-corrected chi connectivity index (χ0v) is 21.0. The first-order chi connectivity index (χ1) is 14.9. The van der Waals surface area contributed by atoms with Crippen LogP contribution in [0.2, 0.25) is 23.7 Å². The minimum Gasteiger partial charge on any atom is -0.481 e. The molecule has 0 aromatic heterocycles. The van der Waals surface area contributed by atoms with E-state index in [1.54, 1.807) is 0 Å². The second-order valence-corrected chi connectivity index (χ2v) is 16.0. The Bertz CT molecular complexity index is 881. The average Bonchev–Trinajstić information content (AvgIpc) is 2.70. The Hall–Kier alpha value is -2.34. The number of carbonyl (C=O) groups excluding carboxylic acids is 1. The van der Waals surface area contributed by atoms with Crippen molar-refractivity contribution in [1.82, 2.24) is 5.32 Å². The maximum absolute atomic E-state index is 12.3. The zero-order valence-electron chi connectivity index (χ0n) is 20.0. The molecule has 6 heteroatoms. The maximum atomic E-state index is 12.3. The van der Waals surface area contributed by atoms with Gasteiger partial charge in [0, 0.05) is 6.04 Å². The molecule has 0 saturated carbocycles. The normalized spacial score (nSPS) is 14.9. The standard InChI is InChI=1S/C26H36BNO3Si/c1-26(2,3)32(4,5)23(18-21(24(29)30)16-19-12-8-6-9-13-19)22(28-25(27)31)17-20-14-10-7-11-15-20/h6-15,21-23H,16-18H2,1-5H3,(H,28,31)(H,29,30)/t21-,22+,23+/m0/s1. The molecular formula is C26H36BNO3Si. The average molecular weight is 449 g/mol. The van der Waals surface area contributed by atoms with Crippen LogP contribution < -0.4 is 5.32 Å². The SMILES string of the molecule is [B]C(=O)N[C@H](Cc1ccccc1)[C@@H](C[C@H](Cc1ccccc1)C(=O)O)[Si](C)(C)C(C)(C)C. The molecule has 4 nitrogen and oxygen atoms in total. The van der Waals surface area contributed by atoms with Crippen molar-refractivity contribution in [2.75, 3.05) is 0 Å². The van der Waals surface area contributed by atoms with Crippen molar-refractivity contribution in [3.8, 4) is 0 Å². The second-order valence-electron chi connectivity index (χ2n) is 10.3. The highest BCUT2D eigenvalue weighted by Gasteiger charge is 2.47. The highest BCUT2D eigenvalue weighted by molar-refractivity contribution is 6.81. The van der Waals surface area contributed by atoms with Crippen molar-refractivity contribution < 1.29 is 14.7 Å². The molecule has 0 saturated heterocycles. The van der Waals surface area contributed by atoms with Crippen LogP contribution in [0, 0.1) is 5.92 Å². The Kier molecular flexibility index (Phi) is 8.91. The summed E-state index contributed by atoms with van der Waals surface area (Å²) in [7, 11) is 3.52. The van der Waals surface area contributed by atoms with E-state index in [0.29, 0.717) is 19.3 Å². The van der Waals surface area contributed by atoms with E-state index in [9.17, 15) is 14.7 Å². The van der Waals surface area contributed by atoms with Gasteiger partial charge in [-0.25, -0.2) is 0 Å². The van der Waals surface area contributed by atoms with Crippen LogP contribution in [0.25, 0.3) is 0 Å². The maximum Gasteiger partial charge on any atom is 0.306 e. The predicted octanol–water partition coefficient (Wildman–Crippen LogP) is 5.69. The topological polar surface area (TPSA) is 66.4 Å². The van der Waals surface area contributed by atoms with E-state index in [-0.39, 0.29) is 16.6 Å². The Labute approximate surface area is 195 Å². The summed E-state index contributed by atoms with van der Waals surface area (Å²) in [5.41, 5.74) is 2.14. The number of carboxylic acid groups (broad SMARTS) is 1. The van der Waals surface area contributed by atoms with Gasteiger partial charge in [0.2, 0.25) is 7.85 Å². The Morgan fingerprint density at radius 3 is 1.81 bits per heavy atom. The number of benzene rings is 2. The van der Waals surface area contributed by atoms with Crippen LogP contribution in [0.15, 0.2) is 60.7 Å². The lowest BCUT2D eigenvalue weighted by Crippen LogP contribution is -2.53. The number of aliphatic carboxylic acids is 1. The number of rotatable bonds is 10. The zero-order chi connectivity index (χ0) is 23.9. The van der Waals surface area contributed by atoms with Gasteiger partial charge in [0.1, 0.15) is 0 Å². The number of nitrogens with one attached hydrogen (secondary N) is 1. The molecule has 0 aliphatic heterocycles. The highest BCUT2D eigenvalue weighted by atomic mass is 28.3. The van der Waals surface area contributed by atoms with Crippen molar-refractivity contribution in [3.63, 3.8) is 0 Å². The second kappa shape index (κ2) is 11.0. The van der Waals surface area contributed by atoms with Crippen molar-refractivity contribution in [3.05, 3.63) is 71.8 Å². The predicted molar refractivity (Wildman–Crippen MR) is 135 cm³/mol. The minimum atomic E-state index is -2.08. The van der Waals surface area contributed by atoms with Crippen LogP contribution in [-0.2, 0) is 17.6 Å². The van der Waals surface area contributed by atoms with Gasteiger partial charge in [0.25, 0.3) is 0 Å². The number of amides is 1. The van der Waals surface area contributed by atoms with Crippen molar-refractivity contribution >= 4 is 27.7 Å². The Morgan fingerprint density at radius 1 is 0.938 bits per heavy atom. The summed E-state index contributed by atoms with van der Waals surface area (Å²) in [5, 5.41) is 13.1. The molecule has 0 spiro atoms. The van der Waals surface area contributed by atoms with Gasteiger partial charge in [-0.15, -0.1) is 0 Å². The summed E-state index contributed by atoms with van der Waals surface area (Å²) >= 11 is 0.